The van der Waals surface area contributed by atoms with E-state index < -0.39 is 5.97 Å². The molecule has 0 aliphatic rings. The van der Waals surface area contributed by atoms with Crippen molar-refractivity contribution in [3.8, 4) is 0 Å². The van der Waals surface area contributed by atoms with Crippen LogP contribution in [-0.4, -0.2) is 11.1 Å². The molecule has 1 N–H and O–H groups in total. The molecule has 0 bridgehead atoms. The van der Waals surface area contributed by atoms with Crippen molar-refractivity contribution >= 4 is 29.4 Å². The average molecular weight is 243 g/mol. The highest BCUT2D eigenvalue weighted by Gasteiger charge is 1.93. The van der Waals surface area contributed by atoms with Crippen molar-refractivity contribution in [2.75, 3.05) is 0 Å². The van der Waals surface area contributed by atoms with E-state index >= 15 is 0 Å². The Kier molecular flexibility index (Phi) is 16.5. The Bertz CT molecular complexity index is 88.5. The summed E-state index contributed by atoms with van der Waals surface area (Å²) in [5.41, 5.74) is 0. The first-order valence-corrected chi connectivity index (χ1v) is 6.89. The standard InChI is InChI=1S/C7H14O2.BrH2P/c1-2-3-4-5-6-7(8)9;1-2/h2-6H2,1H3,(H,8,9);2H2. The predicted molar refractivity (Wildman–Crippen MR) is 55.0 cm³/mol. The number of aliphatic carboxylic acids is 1. The lowest BCUT2D eigenvalue weighted by molar-refractivity contribution is -0.137. The first kappa shape index (κ1) is 13.9. The number of halogens is 1. The summed E-state index contributed by atoms with van der Waals surface area (Å²) in [6, 6.07) is 0. The number of hydrogen-bond donors (Lipinski definition) is 1. The maximum absolute atomic E-state index is 9.96. The van der Waals surface area contributed by atoms with E-state index in [0.29, 0.717) is 6.42 Å². The zero-order valence-corrected chi connectivity index (χ0v) is 9.59. The molecule has 11 heavy (non-hydrogen) atoms. The zero-order chi connectivity index (χ0) is 9.11. The third kappa shape index (κ3) is 17.9. The molecular weight excluding hydrogens is 227 g/mol. The molecule has 0 aliphatic heterocycles. The van der Waals surface area contributed by atoms with Crippen LogP contribution in [-0.2, 0) is 4.79 Å². The fraction of sp³-hybridized carbons (Fsp3) is 0.857. The number of unbranched alkanes of at least 4 members (excludes halogenated alkanes) is 3. The highest BCUT2D eigenvalue weighted by atomic mass is 79.9. The molecule has 0 spiro atoms. The smallest absolute Gasteiger partial charge is 0.303 e. The highest BCUT2D eigenvalue weighted by molar-refractivity contribution is 9.34. The third-order valence-electron chi connectivity index (χ3n) is 1.24. The first-order chi connectivity index (χ1) is 5.27. The summed E-state index contributed by atoms with van der Waals surface area (Å²) in [4.78, 5) is 9.96. The van der Waals surface area contributed by atoms with Crippen LogP contribution in [0, 0.1) is 0 Å². The Balaban J connectivity index is 0. The molecule has 0 fully saturated rings. The van der Waals surface area contributed by atoms with Gasteiger partial charge in [0.15, 0.2) is 0 Å². The number of carboxylic acid groups (broad SMARTS) is 1. The monoisotopic (exact) mass is 242 g/mol. The lowest BCUT2D eigenvalue weighted by atomic mass is 10.2. The van der Waals surface area contributed by atoms with Crippen LogP contribution in [0.2, 0.25) is 0 Å². The summed E-state index contributed by atoms with van der Waals surface area (Å²) in [7, 11) is 2.23. The third-order valence-corrected chi connectivity index (χ3v) is 1.24. The van der Waals surface area contributed by atoms with Crippen LogP contribution in [0.4, 0.5) is 0 Å². The Hall–Kier alpha value is 0.380. The van der Waals surface area contributed by atoms with Gasteiger partial charge in [0, 0.05) is 6.42 Å². The lowest BCUT2D eigenvalue weighted by Gasteiger charge is -1.92. The Morgan fingerprint density at radius 2 is 1.91 bits per heavy atom. The molecule has 0 rings (SSSR count). The van der Waals surface area contributed by atoms with E-state index in [1.54, 1.807) is 0 Å². The second-order valence-electron chi connectivity index (χ2n) is 2.20. The van der Waals surface area contributed by atoms with Crippen LogP contribution in [0.15, 0.2) is 0 Å². The highest BCUT2D eigenvalue weighted by Crippen LogP contribution is 2.01. The first-order valence-electron chi connectivity index (χ1n) is 3.71. The summed E-state index contributed by atoms with van der Waals surface area (Å²) in [5, 5.41) is 8.21. The average Bonchev–Trinajstić information content (AvgIpc) is 2.02. The van der Waals surface area contributed by atoms with Gasteiger partial charge in [-0.25, -0.2) is 0 Å². The molecule has 0 aromatic rings. The van der Waals surface area contributed by atoms with E-state index in [-0.39, 0.29) is 0 Å². The maximum Gasteiger partial charge on any atom is 0.303 e. The van der Waals surface area contributed by atoms with Crippen LogP contribution in [0.3, 0.4) is 0 Å². The zero-order valence-electron chi connectivity index (χ0n) is 6.85. The molecule has 0 saturated heterocycles. The van der Waals surface area contributed by atoms with Gasteiger partial charge in [-0.2, -0.15) is 0 Å². The molecule has 2 nitrogen and oxygen atoms in total. The maximum atomic E-state index is 9.96. The quantitative estimate of drug-likeness (QED) is 0.594. The van der Waals surface area contributed by atoms with Gasteiger partial charge in [-0.1, -0.05) is 49.6 Å². The number of carboxylic acids is 1. The SMILES string of the molecule is CCCCCCC(=O)O.PBr. The van der Waals surface area contributed by atoms with Crippen molar-refractivity contribution < 1.29 is 9.90 Å². The van der Waals surface area contributed by atoms with Crippen LogP contribution < -0.4 is 0 Å². The second kappa shape index (κ2) is 13.0. The molecule has 1 atom stereocenters. The van der Waals surface area contributed by atoms with Crippen molar-refractivity contribution in [2.24, 2.45) is 0 Å². The van der Waals surface area contributed by atoms with Gasteiger partial charge in [0.05, 0.1) is 0 Å². The summed E-state index contributed by atoms with van der Waals surface area (Å²) in [5.74, 6) is -0.675. The summed E-state index contributed by atoms with van der Waals surface area (Å²) >= 11 is 2.85. The molecule has 0 aliphatic carbocycles. The van der Waals surface area contributed by atoms with Gasteiger partial charge in [-0.3, -0.25) is 4.79 Å². The number of hydrogen-bond acceptors (Lipinski definition) is 1. The summed E-state index contributed by atoms with van der Waals surface area (Å²) < 4.78 is 0. The van der Waals surface area contributed by atoms with Crippen molar-refractivity contribution in [1.29, 1.82) is 0 Å². The predicted octanol–water partition coefficient (Wildman–Crippen LogP) is 3.21. The lowest BCUT2D eigenvalue weighted by Crippen LogP contribution is -1.92. The molecule has 68 valence electrons. The topological polar surface area (TPSA) is 37.3 Å². The minimum atomic E-state index is -0.675. The summed E-state index contributed by atoms with van der Waals surface area (Å²) in [6.45, 7) is 2.11. The van der Waals surface area contributed by atoms with Crippen molar-refractivity contribution in [1.82, 2.24) is 0 Å². The normalized spacial score (nSPS) is 8.27. The number of carbonyl (C=O) groups is 1. The Labute approximate surface area is 78.7 Å². The number of rotatable bonds is 5. The van der Waals surface area contributed by atoms with E-state index in [4.69, 9.17) is 5.11 Å². The molecule has 0 amide bonds. The van der Waals surface area contributed by atoms with Crippen molar-refractivity contribution in [2.45, 2.75) is 39.0 Å². The molecule has 1 unspecified atom stereocenters. The van der Waals surface area contributed by atoms with E-state index in [9.17, 15) is 4.79 Å². The van der Waals surface area contributed by atoms with E-state index in [1.807, 2.05) is 0 Å². The fourth-order valence-corrected chi connectivity index (χ4v) is 0.703. The van der Waals surface area contributed by atoms with Gasteiger partial charge in [0.1, 0.15) is 0 Å². The largest absolute Gasteiger partial charge is 0.481 e. The fourth-order valence-electron chi connectivity index (χ4n) is 0.703. The van der Waals surface area contributed by atoms with Gasteiger partial charge >= 0.3 is 5.97 Å². The minimum absolute atomic E-state index is 0.333. The second-order valence-corrected chi connectivity index (χ2v) is 2.20. The van der Waals surface area contributed by atoms with Crippen LogP contribution in [0.5, 0.6) is 0 Å². The molecule has 0 saturated carbocycles. The van der Waals surface area contributed by atoms with Crippen LogP contribution in [0.1, 0.15) is 39.0 Å². The minimum Gasteiger partial charge on any atom is -0.481 e. The van der Waals surface area contributed by atoms with Crippen LogP contribution >= 0.6 is 23.4 Å². The molecule has 0 heterocycles. The van der Waals surface area contributed by atoms with Gasteiger partial charge < -0.3 is 5.11 Å². The molecule has 0 aromatic heterocycles. The van der Waals surface area contributed by atoms with E-state index in [1.165, 1.54) is 6.42 Å². The molecule has 4 heteroatoms. The van der Waals surface area contributed by atoms with E-state index in [2.05, 4.69) is 30.4 Å². The Morgan fingerprint density at radius 3 is 2.27 bits per heavy atom. The van der Waals surface area contributed by atoms with Gasteiger partial charge in [-0.15, -0.1) is 0 Å². The Morgan fingerprint density at radius 1 is 1.36 bits per heavy atom. The van der Waals surface area contributed by atoms with E-state index in [0.717, 1.165) is 19.3 Å². The van der Waals surface area contributed by atoms with Crippen molar-refractivity contribution in [3.05, 3.63) is 0 Å². The van der Waals surface area contributed by atoms with Gasteiger partial charge in [0.2, 0.25) is 0 Å². The molecular formula is C7H16BrO2P. The molecule has 0 aromatic carbocycles. The molecule has 0 radical (unpaired) electrons. The summed E-state index contributed by atoms with van der Waals surface area (Å²) in [6.07, 6.45) is 4.55. The van der Waals surface area contributed by atoms with Gasteiger partial charge in [0.25, 0.3) is 0 Å². The van der Waals surface area contributed by atoms with Crippen molar-refractivity contribution in [3.63, 3.8) is 0 Å². The van der Waals surface area contributed by atoms with Crippen LogP contribution in [0.25, 0.3) is 0 Å². The van der Waals surface area contributed by atoms with Gasteiger partial charge in [-0.05, 0) is 6.42 Å².